The van der Waals surface area contributed by atoms with Gasteiger partial charge >= 0.3 is 0 Å². The molecule has 3 aromatic rings. The summed E-state index contributed by atoms with van der Waals surface area (Å²) in [6, 6.07) is 5.85. The highest BCUT2D eigenvalue weighted by Crippen LogP contribution is 2.28. The maximum absolute atomic E-state index is 11.6. The number of sulfone groups is 1. The van der Waals surface area contributed by atoms with Crippen molar-refractivity contribution in [1.82, 2.24) is 14.6 Å². The minimum Gasteiger partial charge on any atom is -0.256 e. The predicted octanol–water partition coefficient (Wildman–Crippen LogP) is 1.66. The number of fused-ring (bicyclic) bond motifs is 3. The average molecular weight is 267 g/mol. The van der Waals surface area contributed by atoms with E-state index in [1.54, 1.807) is 4.40 Å². The van der Waals surface area contributed by atoms with E-state index in [1.807, 2.05) is 25.1 Å². The van der Waals surface area contributed by atoms with Crippen molar-refractivity contribution in [3.8, 4) is 0 Å². The molecule has 0 fully saturated rings. The van der Waals surface area contributed by atoms with Gasteiger partial charge in [-0.15, -0.1) is 10.2 Å². The van der Waals surface area contributed by atoms with Gasteiger partial charge in [-0.05, 0) is 24.6 Å². The highest BCUT2D eigenvalue weighted by Gasteiger charge is 2.19. The summed E-state index contributed by atoms with van der Waals surface area (Å²) >= 11 is 1.44. The Kier molecular flexibility index (Phi) is 2.05. The Morgan fingerprint density at radius 1 is 1.29 bits per heavy atom. The summed E-state index contributed by atoms with van der Waals surface area (Å²) in [6.07, 6.45) is 1.14. The minimum atomic E-state index is -3.36. The summed E-state index contributed by atoms with van der Waals surface area (Å²) in [5.41, 5.74) is 1.97. The lowest BCUT2D eigenvalue weighted by Gasteiger charge is -1.96. The lowest BCUT2D eigenvalue weighted by molar-refractivity contribution is 0.592. The molecule has 7 heteroatoms. The van der Waals surface area contributed by atoms with Crippen LogP contribution in [0.1, 0.15) is 5.56 Å². The Labute approximate surface area is 102 Å². The van der Waals surface area contributed by atoms with Crippen LogP contribution in [0.3, 0.4) is 0 Å². The average Bonchev–Trinajstić information content (AvgIpc) is 2.72. The van der Waals surface area contributed by atoms with Crippen LogP contribution >= 0.6 is 11.3 Å². The number of hydrogen-bond donors (Lipinski definition) is 0. The normalized spacial score (nSPS) is 12.6. The molecule has 0 aliphatic carbocycles. The van der Waals surface area contributed by atoms with Gasteiger partial charge in [0.25, 0.3) is 5.16 Å². The summed E-state index contributed by atoms with van der Waals surface area (Å²) in [5.74, 6) is 0. The Balaban J connectivity index is 2.53. The van der Waals surface area contributed by atoms with Crippen LogP contribution in [0.15, 0.2) is 23.4 Å². The maximum atomic E-state index is 11.6. The van der Waals surface area contributed by atoms with E-state index in [0.29, 0.717) is 4.96 Å². The van der Waals surface area contributed by atoms with E-state index < -0.39 is 9.84 Å². The van der Waals surface area contributed by atoms with Gasteiger partial charge in [-0.1, -0.05) is 17.4 Å². The van der Waals surface area contributed by atoms with Gasteiger partial charge in [0.15, 0.2) is 0 Å². The highest BCUT2D eigenvalue weighted by atomic mass is 32.2. The van der Waals surface area contributed by atoms with Crippen molar-refractivity contribution in [1.29, 1.82) is 0 Å². The predicted molar refractivity (Wildman–Crippen MR) is 66.2 cm³/mol. The fraction of sp³-hybridized carbons (Fsp3) is 0.200. The molecule has 3 rings (SSSR count). The number of aromatic nitrogens is 3. The molecule has 0 saturated heterocycles. The number of benzene rings is 1. The second-order valence-electron chi connectivity index (χ2n) is 3.95. The molecule has 0 spiro atoms. The van der Waals surface area contributed by atoms with Crippen LogP contribution in [0.5, 0.6) is 0 Å². The lowest BCUT2D eigenvalue weighted by atomic mass is 10.2. The fourth-order valence-electron chi connectivity index (χ4n) is 1.76. The molecule has 0 aliphatic heterocycles. The van der Waals surface area contributed by atoms with Crippen LogP contribution < -0.4 is 0 Å². The number of hydrogen-bond acceptors (Lipinski definition) is 5. The molecular weight excluding hydrogens is 258 g/mol. The standard InChI is InChI=1S/C10H9N3O2S2/c1-6-3-4-7-8(5-6)16-9-11-12-10(13(7)9)17(2,14)15/h3-5H,1-2H3. The van der Waals surface area contributed by atoms with Crippen LogP contribution in [0.4, 0.5) is 0 Å². The monoisotopic (exact) mass is 267 g/mol. The smallest absolute Gasteiger partial charge is 0.254 e. The summed E-state index contributed by atoms with van der Waals surface area (Å²) in [7, 11) is -3.36. The van der Waals surface area contributed by atoms with Crippen LogP contribution in [0, 0.1) is 6.92 Å². The van der Waals surface area contributed by atoms with Crippen molar-refractivity contribution < 1.29 is 8.42 Å². The van der Waals surface area contributed by atoms with Gasteiger partial charge in [-0.2, -0.15) is 0 Å². The van der Waals surface area contributed by atoms with Crippen molar-refractivity contribution in [2.45, 2.75) is 12.1 Å². The van der Waals surface area contributed by atoms with Gasteiger partial charge in [0.2, 0.25) is 14.8 Å². The zero-order valence-corrected chi connectivity index (χ0v) is 10.8. The summed E-state index contributed by atoms with van der Waals surface area (Å²) in [4.78, 5) is 0.603. The van der Waals surface area contributed by atoms with E-state index in [4.69, 9.17) is 0 Å². The molecule has 0 atom stereocenters. The van der Waals surface area contributed by atoms with Crippen molar-refractivity contribution in [2.24, 2.45) is 0 Å². The minimum absolute atomic E-state index is 0.00241. The number of thiazole rings is 1. The molecule has 1 aromatic carbocycles. The zero-order valence-electron chi connectivity index (χ0n) is 9.21. The largest absolute Gasteiger partial charge is 0.256 e. The summed E-state index contributed by atoms with van der Waals surface area (Å²) < 4.78 is 25.8. The first-order chi connectivity index (χ1) is 7.97. The first-order valence-corrected chi connectivity index (χ1v) is 7.62. The number of nitrogens with zero attached hydrogens (tertiary/aromatic N) is 3. The van der Waals surface area contributed by atoms with E-state index in [2.05, 4.69) is 10.2 Å². The Bertz CT molecular complexity index is 830. The third-order valence-electron chi connectivity index (χ3n) is 2.49. The fourth-order valence-corrected chi connectivity index (χ4v) is 3.58. The number of rotatable bonds is 1. The second kappa shape index (κ2) is 3.27. The molecule has 5 nitrogen and oxygen atoms in total. The van der Waals surface area contributed by atoms with Crippen LogP contribution in [-0.2, 0) is 9.84 Å². The van der Waals surface area contributed by atoms with E-state index in [-0.39, 0.29) is 5.16 Å². The van der Waals surface area contributed by atoms with Crippen LogP contribution in [-0.4, -0.2) is 29.3 Å². The quantitative estimate of drug-likeness (QED) is 0.672. The van der Waals surface area contributed by atoms with Gasteiger partial charge in [-0.3, -0.25) is 4.40 Å². The van der Waals surface area contributed by atoms with Gasteiger partial charge in [-0.25, -0.2) is 8.42 Å². The van der Waals surface area contributed by atoms with Crippen molar-refractivity contribution >= 4 is 36.4 Å². The molecule has 0 amide bonds. The van der Waals surface area contributed by atoms with E-state index in [0.717, 1.165) is 22.0 Å². The van der Waals surface area contributed by atoms with E-state index >= 15 is 0 Å². The van der Waals surface area contributed by atoms with E-state index in [9.17, 15) is 8.42 Å². The SMILES string of the molecule is Cc1ccc2c(c1)sc1nnc(S(C)(=O)=O)n12. The maximum Gasteiger partial charge on any atom is 0.254 e. The summed E-state index contributed by atoms with van der Waals surface area (Å²) in [6.45, 7) is 2.00. The molecule has 0 aliphatic rings. The zero-order chi connectivity index (χ0) is 12.2. The van der Waals surface area contributed by atoms with E-state index in [1.165, 1.54) is 11.3 Å². The molecule has 0 radical (unpaired) electrons. The Morgan fingerprint density at radius 3 is 2.76 bits per heavy atom. The molecule has 0 saturated carbocycles. The Morgan fingerprint density at radius 2 is 2.06 bits per heavy atom. The van der Waals surface area contributed by atoms with Gasteiger partial charge in [0, 0.05) is 6.26 Å². The van der Waals surface area contributed by atoms with Crippen molar-refractivity contribution in [3.05, 3.63) is 23.8 Å². The Hall–Kier alpha value is -1.47. The third kappa shape index (κ3) is 1.54. The molecule has 0 bridgehead atoms. The second-order valence-corrected chi connectivity index (χ2v) is 6.86. The molecule has 2 heterocycles. The van der Waals surface area contributed by atoms with Crippen molar-refractivity contribution in [3.63, 3.8) is 0 Å². The highest BCUT2D eigenvalue weighted by molar-refractivity contribution is 7.90. The van der Waals surface area contributed by atoms with Crippen LogP contribution in [0.25, 0.3) is 15.2 Å². The molecule has 0 unspecified atom stereocenters. The first kappa shape index (κ1) is 10.7. The van der Waals surface area contributed by atoms with Crippen molar-refractivity contribution in [2.75, 3.05) is 6.26 Å². The van der Waals surface area contributed by atoms with Gasteiger partial charge in [0.05, 0.1) is 10.2 Å². The molecule has 0 N–H and O–H groups in total. The summed E-state index contributed by atoms with van der Waals surface area (Å²) in [5, 5.41) is 7.64. The van der Waals surface area contributed by atoms with Gasteiger partial charge < -0.3 is 0 Å². The molecule has 2 aromatic heterocycles. The third-order valence-corrected chi connectivity index (χ3v) is 4.41. The number of aryl methyl sites for hydroxylation is 1. The topological polar surface area (TPSA) is 64.3 Å². The van der Waals surface area contributed by atoms with Gasteiger partial charge in [0.1, 0.15) is 0 Å². The lowest BCUT2D eigenvalue weighted by Crippen LogP contribution is -2.03. The molecule has 88 valence electrons. The molecular formula is C10H9N3O2S2. The van der Waals surface area contributed by atoms with Crippen LogP contribution in [0.2, 0.25) is 0 Å². The molecule has 17 heavy (non-hydrogen) atoms. The first-order valence-electron chi connectivity index (χ1n) is 4.91.